The lowest BCUT2D eigenvalue weighted by atomic mass is 9.88. The zero-order valence-electron chi connectivity index (χ0n) is 36.3. The van der Waals surface area contributed by atoms with Crippen LogP contribution in [0.3, 0.4) is 0 Å². The van der Waals surface area contributed by atoms with Crippen molar-refractivity contribution < 1.29 is 0 Å². The van der Waals surface area contributed by atoms with Gasteiger partial charge in [0.25, 0.3) is 0 Å². The minimum absolute atomic E-state index is 1.08. The van der Waals surface area contributed by atoms with Crippen molar-refractivity contribution in [3.05, 3.63) is 267 Å². The van der Waals surface area contributed by atoms with Crippen LogP contribution in [0.1, 0.15) is 0 Å². The van der Waals surface area contributed by atoms with E-state index in [0.717, 1.165) is 28.3 Å². The van der Waals surface area contributed by atoms with Crippen molar-refractivity contribution in [2.45, 2.75) is 0 Å². The van der Waals surface area contributed by atoms with E-state index in [9.17, 15) is 0 Å². The third-order valence-corrected chi connectivity index (χ3v) is 13.0. The van der Waals surface area contributed by atoms with Crippen LogP contribution in [-0.4, -0.2) is 4.57 Å². The Labute approximate surface area is 385 Å². The minimum atomic E-state index is 1.08. The Bertz CT molecular complexity index is 3670. The molecule has 310 valence electrons. The number of anilines is 3. The van der Waals surface area contributed by atoms with Gasteiger partial charge in [-0.05, 0) is 115 Å². The third-order valence-electron chi connectivity index (χ3n) is 13.0. The molecule has 12 rings (SSSR count). The molecule has 0 aliphatic carbocycles. The molecule has 1 aromatic heterocycles. The second kappa shape index (κ2) is 16.8. The summed E-state index contributed by atoms with van der Waals surface area (Å²) in [5, 5.41) is 4.94. The normalized spacial score (nSPS) is 11.3. The number of rotatable bonds is 9. The van der Waals surface area contributed by atoms with Gasteiger partial charge in [0, 0.05) is 33.4 Å². The van der Waals surface area contributed by atoms with E-state index in [2.05, 4.69) is 276 Å². The molecule has 0 fully saturated rings. The number of benzene rings is 11. The second-order valence-corrected chi connectivity index (χ2v) is 16.9. The first-order valence-electron chi connectivity index (χ1n) is 22.7. The molecule has 0 saturated heterocycles. The van der Waals surface area contributed by atoms with E-state index < -0.39 is 0 Å². The van der Waals surface area contributed by atoms with Crippen LogP contribution in [0.2, 0.25) is 0 Å². The Balaban J connectivity index is 1.01. The van der Waals surface area contributed by atoms with E-state index in [1.807, 2.05) is 0 Å². The van der Waals surface area contributed by atoms with E-state index in [4.69, 9.17) is 0 Å². The van der Waals surface area contributed by atoms with E-state index in [0.29, 0.717) is 0 Å². The highest BCUT2D eigenvalue weighted by Crippen LogP contribution is 2.47. The molecular formula is C64H44N2. The molecule has 0 aliphatic rings. The van der Waals surface area contributed by atoms with Gasteiger partial charge in [-0.15, -0.1) is 0 Å². The first kappa shape index (κ1) is 38.9. The van der Waals surface area contributed by atoms with Gasteiger partial charge in [0.15, 0.2) is 0 Å². The first-order valence-corrected chi connectivity index (χ1v) is 22.7. The van der Waals surface area contributed by atoms with Crippen LogP contribution in [0.25, 0.3) is 93.9 Å². The summed E-state index contributed by atoms with van der Waals surface area (Å²) < 4.78 is 2.38. The van der Waals surface area contributed by atoms with Gasteiger partial charge in [-0.25, -0.2) is 0 Å². The summed E-state index contributed by atoms with van der Waals surface area (Å²) >= 11 is 0. The maximum Gasteiger partial charge on any atom is 0.0542 e. The fourth-order valence-electron chi connectivity index (χ4n) is 9.94. The topological polar surface area (TPSA) is 8.17 Å². The number of hydrogen-bond acceptors (Lipinski definition) is 1. The number of nitrogens with zero attached hydrogens (tertiary/aromatic N) is 2. The van der Waals surface area contributed by atoms with Crippen molar-refractivity contribution in [1.29, 1.82) is 0 Å². The number of hydrogen-bond donors (Lipinski definition) is 0. The van der Waals surface area contributed by atoms with Crippen LogP contribution in [0, 0.1) is 0 Å². The van der Waals surface area contributed by atoms with Crippen molar-refractivity contribution >= 4 is 49.6 Å². The fourth-order valence-corrected chi connectivity index (χ4v) is 9.94. The Hall–Kier alpha value is -8.72. The lowest BCUT2D eigenvalue weighted by Crippen LogP contribution is -2.11. The summed E-state index contributed by atoms with van der Waals surface area (Å²) in [5.41, 5.74) is 18.7. The molecule has 0 saturated carbocycles. The second-order valence-electron chi connectivity index (χ2n) is 16.9. The van der Waals surface area contributed by atoms with Crippen molar-refractivity contribution in [2.75, 3.05) is 4.90 Å². The zero-order valence-corrected chi connectivity index (χ0v) is 36.3. The van der Waals surface area contributed by atoms with Crippen molar-refractivity contribution in [3.63, 3.8) is 0 Å². The molecule has 2 nitrogen and oxygen atoms in total. The van der Waals surface area contributed by atoms with Crippen LogP contribution in [-0.2, 0) is 0 Å². The largest absolute Gasteiger partial charge is 0.310 e. The molecule has 11 aromatic carbocycles. The highest BCUT2D eigenvalue weighted by atomic mass is 15.1. The van der Waals surface area contributed by atoms with E-state index in [-0.39, 0.29) is 0 Å². The van der Waals surface area contributed by atoms with Gasteiger partial charge in [0.1, 0.15) is 0 Å². The van der Waals surface area contributed by atoms with Crippen LogP contribution in [0.4, 0.5) is 17.1 Å². The van der Waals surface area contributed by atoms with Gasteiger partial charge in [0.2, 0.25) is 0 Å². The van der Waals surface area contributed by atoms with E-state index in [1.165, 1.54) is 82.6 Å². The van der Waals surface area contributed by atoms with Gasteiger partial charge < -0.3 is 9.47 Å². The average molecular weight is 841 g/mol. The molecule has 0 aliphatic heterocycles. The Morgan fingerprint density at radius 3 is 1.47 bits per heavy atom. The molecule has 0 spiro atoms. The summed E-state index contributed by atoms with van der Waals surface area (Å²) in [7, 11) is 0. The molecule has 0 atom stereocenters. The Kier molecular flexibility index (Phi) is 9.89. The molecule has 0 N–H and O–H groups in total. The maximum absolute atomic E-state index is 2.44. The molecule has 1 heterocycles. The van der Waals surface area contributed by atoms with E-state index >= 15 is 0 Å². The van der Waals surface area contributed by atoms with Crippen molar-refractivity contribution in [1.82, 2.24) is 4.57 Å². The van der Waals surface area contributed by atoms with Crippen molar-refractivity contribution in [2.24, 2.45) is 0 Å². The van der Waals surface area contributed by atoms with Crippen LogP contribution < -0.4 is 4.90 Å². The maximum atomic E-state index is 2.44. The average Bonchev–Trinajstić information content (AvgIpc) is 3.73. The summed E-state index contributed by atoms with van der Waals surface area (Å²) in [4.78, 5) is 2.44. The summed E-state index contributed by atoms with van der Waals surface area (Å²) in [6.45, 7) is 0. The lowest BCUT2D eigenvalue weighted by Gasteiger charge is -2.29. The third kappa shape index (κ3) is 6.93. The fraction of sp³-hybridized carbons (Fsp3) is 0. The molecule has 12 aromatic rings. The standard InChI is InChI=1S/C64H44N2/c1-3-18-47(19-4-1)55-25-9-10-26-56(55)57-27-11-12-28-58(57)59-29-13-15-32-62(59)65(52-42-43-64-61(44-52)60-30-14-16-33-63(60)66(64)50-22-5-2-6-23-50)51-40-38-46(39-41-51)45-34-36-49(37-35-45)54-31-17-21-48-20-7-8-24-53(48)54/h1-44H. The molecule has 0 unspecified atom stereocenters. The zero-order chi connectivity index (χ0) is 43.8. The minimum Gasteiger partial charge on any atom is -0.310 e. The smallest absolute Gasteiger partial charge is 0.0542 e. The highest BCUT2D eigenvalue weighted by molar-refractivity contribution is 6.11. The van der Waals surface area contributed by atoms with Gasteiger partial charge in [-0.3, -0.25) is 0 Å². The molecule has 0 bridgehead atoms. The van der Waals surface area contributed by atoms with Crippen LogP contribution >= 0.6 is 0 Å². The molecule has 0 radical (unpaired) electrons. The van der Waals surface area contributed by atoms with E-state index in [1.54, 1.807) is 0 Å². The summed E-state index contributed by atoms with van der Waals surface area (Å²) in [6.07, 6.45) is 0. The number of para-hydroxylation sites is 3. The van der Waals surface area contributed by atoms with Gasteiger partial charge >= 0.3 is 0 Å². The summed E-state index contributed by atoms with van der Waals surface area (Å²) in [5.74, 6) is 0. The molecule has 0 amide bonds. The number of aromatic nitrogens is 1. The molecule has 66 heavy (non-hydrogen) atoms. The predicted octanol–water partition coefficient (Wildman–Crippen LogP) is 17.7. The quantitative estimate of drug-likeness (QED) is 0.141. The van der Waals surface area contributed by atoms with Crippen LogP contribution in [0.5, 0.6) is 0 Å². The summed E-state index contributed by atoms with van der Waals surface area (Å²) in [6, 6.07) is 96.9. The SMILES string of the molecule is c1ccc(-c2ccccc2-c2ccccc2-c2ccccc2N(c2ccc(-c3ccc(-c4cccc5ccccc45)cc3)cc2)c2ccc3c(c2)c2ccccc2n3-c2ccccc2)cc1. The Morgan fingerprint density at radius 1 is 0.258 bits per heavy atom. The van der Waals surface area contributed by atoms with Crippen molar-refractivity contribution in [3.8, 4) is 61.3 Å². The first-order chi connectivity index (χ1) is 32.8. The molecular weight excluding hydrogens is 797 g/mol. The van der Waals surface area contributed by atoms with Gasteiger partial charge in [-0.2, -0.15) is 0 Å². The highest BCUT2D eigenvalue weighted by Gasteiger charge is 2.22. The number of fused-ring (bicyclic) bond motifs is 4. The Morgan fingerprint density at radius 2 is 0.727 bits per heavy atom. The predicted molar refractivity (Wildman–Crippen MR) is 280 cm³/mol. The van der Waals surface area contributed by atoms with Gasteiger partial charge in [0.05, 0.1) is 16.7 Å². The molecule has 2 heteroatoms. The monoisotopic (exact) mass is 840 g/mol. The van der Waals surface area contributed by atoms with Crippen LogP contribution in [0.15, 0.2) is 267 Å². The van der Waals surface area contributed by atoms with Gasteiger partial charge in [-0.1, -0.05) is 212 Å². The lowest BCUT2D eigenvalue weighted by molar-refractivity contribution is 1.18.